The number of anilines is 1. The summed E-state index contributed by atoms with van der Waals surface area (Å²) in [6.45, 7) is 0. The maximum absolute atomic E-state index is 13.5. The number of hydrogen-bond donors (Lipinski definition) is 1. The van der Waals surface area contributed by atoms with Crippen LogP contribution in [0.2, 0.25) is 0 Å². The largest absolute Gasteiger partial charge is 0.497 e. The molecule has 9 heteroatoms. The Morgan fingerprint density at radius 3 is 2.52 bits per heavy atom. The molecule has 3 rings (SSSR count). The molecule has 27 heavy (non-hydrogen) atoms. The molecule has 1 aromatic carbocycles. The van der Waals surface area contributed by atoms with Gasteiger partial charge in [-0.3, -0.25) is 4.98 Å². The number of benzene rings is 1. The quantitative estimate of drug-likeness (QED) is 0.729. The second-order valence-electron chi connectivity index (χ2n) is 5.50. The van der Waals surface area contributed by atoms with E-state index in [9.17, 15) is 13.2 Å². The molecule has 0 spiro atoms. The van der Waals surface area contributed by atoms with Crippen molar-refractivity contribution in [1.82, 2.24) is 15.0 Å². The first-order valence-corrected chi connectivity index (χ1v) is 7.79. The predicted molar refractivity (Wildman–Crippen MR) is 92.1 cm³/mol. The van der Waals surface area contributed by atoms with Gasteiger partial charge in [-0.1, -0.05) is 18.2 Å². The van der Waals surface area contributed by atoms with Crippen molar-refractivity contribution >= 4 is 5.95 Å². The zero-order valence-corrected chi connectivity index (χ0v) is 14.1. The van der Waals surface area contributed by atoms with Crippen LogP contribution in [0.1, 0.15) is 11.7 Å². The van der Waals surface area contributed by atoms with Crippen molar-refractivity contribution in [2.75, 3.05) is 12.8 Å². The van der Waals surface area contributed by atoms with Crippen molar-refractivity contribution in [2.45, 2.75) is 12.3 Å². The number of nitrogen functional groups attached to an aromatic ring is 1. The Morgan fingerprint density at radius 1 is 1.07 bits per heavy atom. The summed E-state index contributed by atoms with van der Waals surface area (Å²) in [4.78, 5) is 11.4. The SMILES string of the molecule is COc1cccc(-c2ccc(C(Oc3ccnc(N)n3)C(F)(F)F)cn2)c1. The van der Waals surface area contributed by atoms with Crippen LogP contribution >= 0.6 is 0 Å². The van der Waals surface area contributed by atoms with Crippen molar-refractivity contribution in [1.29, 1.82) is 0 Å². The fraction of sp³-hybridized carbons (Fsp3) is 0.167. The number of ether oxygens (including phenoxy) is 2. The minimum absolute atomic E-state index is 0.161. The first kappa shape index (κ1) is 18.4. The average Bonchev–Trinajstić information content (AvgIpc) is 2.65. The zero-order chi connectivity index (χ0) is 19.4. The van der Waals surface area contributed by atoms with Gasteiger partial charge in [0.15, 0.2) is 0 Å². The Balaban J connectivity index is 1.89. The number of nitrogens with two attached hydrogens (primary N) is 1. The van der Waals surface area contributed by atoms with E-state index >= 15 is 0 Å². The molecule has 0 aliphatic carbocycles. The number of pyridine rings is 1. The van der Waals surface area contributed by atoms with Crippen LogP contribution in [0.15, 0.2) is 54.9 Å². The fourth-order valence-electron chi connectivity index (χ4n) is 2.38. The monoisotopic (exact) mass is 376 g/mol. The molecule has 2 aromatic heterocycles. The number of aromatic nitrogens is 3. The van der Waals surface area contributed by atoms with E-state index in [0.717, 1.165) is 6.20 Å². The van der Waals surface area contributed by atoms with Crippen LogP contribution in [0.3, 0.4) is 0 Å². The van der Waals surface area contributed by atoms with E-state index < -0.39 is 12.3 Å². The molecule has 3 aromatic rings. The highest BCUT2D eigenvalue weighted by molar-refractivity contribution is 5.61. The average molecular weight is 376 g/mol. The lowest BCUT2D eigenvalue weighted by Crippen LogP contribution is -2.26. The number of rotatable bonds is 5. The van der Waals surface area contributed by atoms with E-state index in [-0.39, 0.29) is 17.4 Å². The predicted octanol–water partition coefficient (Wildman–Crippen LogP) is 3.81. The number of nitrogens with zero attached hydrogens (tertiary/aromatic N) is 3. The molecule has 0 saturated carbocycles. The van der Waals surface area contributed by atoms with E-state index in [1.807, 2.05) is 0 Å². The van der Waals surface area contributed by atoms with Crippen LogP contribution in [0.5, 0.6) is 11.6 Å². The Morgan fingerprint density at radius 2 is 1.89 bits per heavy atom. The topological polar surface area (TPSA) is 83.2 Å². The van der Waals surface area contributed by atoms with E-state index in [4.69, 9.17) is 15.2 Å². The molecular weight excluding hydrogens is 361 g/mol. The van der Waals surface area contributed by atoms with Gasteiger partial charge in [-0.2, -0.15) is 18.2 Å². The molecule has 2 heterocycles. The van der Waals surface area contributed by atoms with Gasteiger partial charge in [-0.25, -0.2) is 4.98 Å². The van der Waals surface area contributed by atoms with Crippen molar-refractivity contribution in [3.05, 3.63) is 60.4 Å². The fourth-order valence-corrected chi connectivity index (χ4v) is 2.38. The Labute approximate surface area is 152 Å². The molecule has 0 amide bonds. The molecule has 1 atom stereocenters. The highest BCUT2D eigenvalue weighted by Crippen LogP contribution is 2.36. The van der Waals surface area contributed by atoms with Gasteiger partial charge in [0.2, 0.25) is 17.9 Å². The summed E-state index contributed by atoms with van der Waals surface area (Å²) in [6.07, 6.45) is -4.57. The summed E-state index contributed by atoms with van der Waals surface area (Å²) in [5.41, 5.74) is 6.44. The summed E-state index contributed by atoms with van der Waals surface area (Å²) >= 11 is 0. The van der Waals surface area contributed by atoms with Crippen LogP contribution in [0, 0.1) is 0 Å². The van der Waals surface area contributed by atoms with Crippen molar-refractivity contribution in [3.8, 4) is 22.9 Å². The molecule has 0 bridgehead atoms. The minimum Gasteiger partial charge on any atom is -0.497 e. The minimum atomic E-state index is -4.67. The smallest absolute Gasteiger partial charge is 0.429 e. The van der Waals surface area contributed by atoms with E-state index in [1.54, 1.807) is 24.3 Å². The van der Waals surface area contributed by atoms with Crippen molar-refractivity contribution in [2.24, 2.45) is 0 Å². The molecule has 6 nitrogen and oxygen atoms in total. The molecule has 0 aliphatic rings. The summed E-state index contributed by atoms with van der Waals surface area (Å²) in [5.74, 6) is 0.165. The number of hydrogen-bond acceptors (Lipinski definition) is 6. The van der Waals surface area contributed by atoms with Gasteiger partial charge >= 0.3 is 6.18 Å². The van der Waals surface area contributed by atoms with Gasteiger partial charge in [0.1, 0.15) is 5.75 Å². The normalized spacial score (nSPS) is 12.4. The first-order valence-electron chi connectivity index (χ1n) is 7.79. The van der Waals surface area contributed by atoms with E-state index in [2.05, 4.69) is 15.0 Å². The van der Waals surface area contributed by atoms with Crippen LogP contribution in [0.4, 0.5) is 19.1 Å². The lowest BCUT2D eigenvalue weighted by Gasteiger charge is -2.21. The Bertz CT molecular complexity index is 917. The molecule has 0 saturated heterocycles. The van der Waals surface area contributed by atoms with Crippen molar-refractivity contribution < 1.29 is 22.6 Å². The van der Waals surface area contributed by atoms with E-state index in [1.165, 1.54) is 31.5 Å². The number of halogens is 3. The van der Waals surface area contributed by atoms with Gasteiger partial charge in [-0.05, 0) is 18.2 Å². The standard InChI is InChI=1S/C18H15F3N4O2/c1-26-13-4-2-3-11(9-13)14-6-5-12(10-24-14)16(18(19,20)21)27-15-7-8-23-17(22)25-15/h2-10,16H,1H3,(H2,22,23,25). The van der Waals surface area contributed by atoms with Crippen LogP contribution < -0.4 is 15.2 Å². The lowest BCUT2D eigenvalue weighted by atomic mass is 10.1. The maximum Gasteiger partial charge on any atom is 0.429 e. The number of methoxy groups -OCH3 is 1. The summed E-state index contributed by atoms with van der Waals surface area (Å²) in [5, 5.41) is 0. The molecule has 1 unspecified atom stereocenters. The maximum atomic E-state index is 13.5. The molecule has 0 aliphatic heterocycles. The van der Waals surface area contributed by atoms with Crippen LogP contribution in [-0.2, 0) is 0 Å². The Hall–Kier alpha value is -3.36. The van der Waals surface area contributed by atoms with Gasteiger partial charge in [0, 0.05) is 29.6 Å². The number of alkyl halides is 3. The molecular formula is C18H15F3N4O2. The highest BCUT2D eigenvalue weighted by Gasteiger charge is 2.43. The molecule has 0 fully saturated rings. The van der Waals surface area contributed by atoms with Gasteiger partial charge in [0.05, 0.1) is 12.8 Å². The summed E-state index contributed by atoms with van der Waals surface area (Å²) < 4.78 is 50.6. The van der Waals surface area contributed by atoms with Gasteiger partial charge in [0.25, 0.3) is 0 Å². The van der Waals surface area contributed by atoms with Crippen molar-refractivity contribution in [3.63, 3.8) is 0 Å². The third-order valence-corrected chi connectivity index (χ3v) is 3.64. The summed E-state index contributed by atoms with van der Waals surface area (Å²) in [6, 6.07) is 11.1. The highest BCUT2D eigenvalue weighted by atomic mass is 19.4. The lowest BCUT2D eigenvalue weighted by molar-refractivity contribution is -0.198. The Kier molecular flexibility index (Phi) is 5.11. The van der Waals surface area contributed by atoms with Crippen LogP contribution in [0.25, 0.3) is 11.3 Å². The second kappa shape index (κ2) is 7.48. The van der Waals surface area contributed by atoms with E-state index in [0.29, 0.717) is 17.0 Å². The summed E-state index contributed by atoms with van der Waals surface area (Å²) in [7, 11) is 1.53. The van der Waals surface area contributed by atoms with Gasteiger partial charge < -0.3 is 15.2 Å². The third-order valence-electron chi connectivity index (χ3n) is 3.64. The third kappa shape index (κ3) is 4.43. The second-order valence-corrected chi connectivity index (χ2v) is 5.50. The van der Waals surface area contributed by atoms with Crippen LogP contribution in [-0.4, -0.2) is 28.2 Å². The molecule has 0 radical (unpaired) electrons. The zero-order valence-electron chi connectivity index (χ0n) is 14.1. The molecule has 2 N–H and O–H groups in total. The first-order chi connectivity index (χ1) is 12.9. The van der Waals surface area contributed by atoms with Gasteiger partial charge in [-0.15, -0.1) is 0 Å². The molecule has 140 valence electrons.